The largest absolute Gasteiger partial charge is 0.385 e. The number of nitrogens with zero attached hydrogens (tertiary/aromatic N) is 1. The van der Waals surface area contributed by atoms with E-state index >= 15 is 0 Å². The van der Waals surface area contributed by atoms with Crippen LogP contribution in [0.5, 0.6) is 0 Å². The fourth-order valence-electron chi connectivity index (χ4n) is 1.92. The van der Waals surface area contributed by atoms with Crippen molar-refractivity contribution in [3.63, 3.8) is 0 Å². The molecule has 0 saturated heterocycles. The summed E-state index contributed by atoms with van der Waals surface area (Å²) in [5.41, 5.74) is 3.00. The summed E-state index contributed by atoms with van der Waals surface area (Å²) in [6.07, 6.45) is 0.756. The summed E-state index contributed by atoms with van der Waals surface area (Å²) >= 11 is 0. The molecule has 2 amide bonds. The molecule has 0 aliphatic rings. The first-order valence-electron chi connectivity index (χ1n) is 7.06. The van der Waals surface area contributed by atoms with Crippen LogP contribution in [0, 0.1) is 13.8 Å². The van der Waals surface area contributed by atoms with E-state index in [1.165, 1.54) is 11.8 Å². The van der Waals surface area contributed by atoms with Gasteiger partial charge in [-0.15, -0.1) is 0 Å². The second kappa shape index (κ2) is 8.42. The number of nitrogens with one attached hydrogen (secondary N) is 1. The van der Waals surface area contributed by atoms with E-state index in [2.05, 4.69) is 5.32 Å². The molecule has 116 valence electrons. The van der Waals surface area contributed by atoms with E-state index in [0.29, 0.717) is 13.2 Å². The van der Waals surface area contributed by atoms with Crippen LogP contribution in [-0.4, -0.2) is 38.6 Å². The Morgan fingerprint density at radius 2 is 1.95 bits per heavy atom. The molecule has 5 heteroatoms. The maximum atomic E-state index is 11.9. The van der Waals surface area contributed by atoms with Crippen LogP contribution in [0.25, 0.3) is 0 Å². The smallest absolute Gasteiger partial charge is 0.240 e. The normalized spacial score (nSPS) is 10.3. The summed E-state index contributed by atoms with van der Waals surface area (Å²) in [6.45, 7) is 6.65. The second-order valence-corrected chi connectivity index (χ2v) is 5.07. The number of carbonyl (C=O) groups excluding carboxylic acids is 2. The van der Waals surface area contributed by atoms with Crippen molar-refractivity contribution in [3.8, 4) is 0 Å². The molecule has 0 heterocycles. The number of hydrogen-bond acceptors (Lipinski definition) is 3. The van der Waals surface area contributed by atoms with Crippen LogP contribution in [0.1, 0.15) is 24.5 Å². The highest BCUT2D eigenvalue weighted by Crippen LogP contribution is 2.18. The molecule has 0 aliphatic carbocycles. The molecule has 1 aromatic carbocycles. The van der Waals surface area contributed by atoms with Crippen LogP contribution in [0.2, 0.25) is 0 Å². The summed E-state index contributed by atoms with van der Waals surface area (Å²) < 4.78 is 4.92. The molecule has 0 fully saturated rings. The van der Waals surface area contributed by atoms with Crippen molar-refractivity contribution in [2.75, 3.05) is 31.7 Å². The van der Waals surface area contributed by atoms with E-state index in [1.54, 1.807) is 7.11 Å². The number of amides is 2. The average molecular weight is 292 g/mol. The minimum Gasteiger partial charge on any atom is -0.385 e. The van der Waals surface area contributed by atoms with Gasteiger partial charge in [0, 0.05) is 32.9 Å². The zero-order valence-corrected chi connectivity index (χ0v) is 13.2. The van der Waals surface area contributed by atoms with Gasteiger partial charge in [-0.25, -0.2) is 0 Å². The Labute approximate surface area is 126 Å². The Morgan fingerprint density at radius 3 is 2.52 bits per heavy atom. The van der Waals surface area contributed by atoms with E-state index < -0.39 is 0 Å². The molecule has 0 spiro atoms. The summed E-state index contributed by atoms with van der Waals surface area (Å²) in [7, 11) is 1.62. The predicted octanol–water partition coefficient (Wildman–Crippen LogP) is 1.81. The van der Waals surface area contributed by atoms with Crippen LogP contribution in [0.3, 0.4) is 0 Å². The minimum atomic E-state index is -0.167. The van der Waals surface area contributed by atoms with Gasteiger partial charge in [-0.2, -0.15) is 0 Å². The maximum absolute atomic E-state index is 11.9. The zero-order chi connectivity index (χ0) is 15.8. The van der Waals surface area contributed by atoms with Crippen LogP contribution >= 0.6 is 0 Å². The number of carbonyl (C=O) groups is 2. The number of benzene rings is 1. The molecule has 21 heavy (non-hydrogen) atoms. The highest BCUT2D eigenvalue weighted by atomic mass is 16.5. The summed E-state index contributed by atoms with van der Waals surface area (Å²) in [6, 6.07) is 5.74. The molecular formula is C16H24N2O3. The Kier molecular flexibility index (Phi) is 6.88. The average Bonchev–Trinajstić information content (AvgIpc) is 2.44. The molecule has 0 bridgehead atoms. The van der Waals surface area contributed by atoms with Crippen molar-refractivity contribution >= 4 is 17.5 Å². The molecule has 0 saturated carbocycles. The summed E-state index contributed by atoms with van der Waals surface area (Å²) in [5, 5.41) is 2.79. The van der Waals surface area contributed by atoms with Crippen molar-refractivity contribution < 1.29 is 14.3 Å². The lowest BCUT2D eigenvalue weighted by Gasteiger charge is -2.21. The molecule has 0 unspecified atom stereocenters. The highest BCUT2D eigenvalue weighted by molar-refractivity contribution is 5.97. The number of anilines is 1. The van der Waals surface area contributed by atoms with Gasteiger partial charge in [0.2, 0.25) is 11.8 Å². The lowest BCUT2D eigenvalue weighted by molar-refractivity contribution is -0.123. The van der Waals surface area contributed by atoms with Crippen LogP contribution in [0.4, 0.5) is 5.69 Å². The quantitative estimate of drug-likeness (QED) is 0.780. The van der Waals surface area contributed by atoms with Gasteiger partial charge in [-0.05, 0) is 43.5 Å². The number of methoxy groups -OCH3 is 1. The Bertz CT molecular complexity index is 500. The Morgan fingerprint density at radius 1 is 1.24 bits per heavy atom. The van der Waals surface area contributed by atoms with E-state index in [0.717, 1.165) is 23.2 Å². The zero-order valence-electron chi connectivity index (χ0n) is 13.2. The van der Waals surface area contributed by atoms with E-state index in [-0.39, 0.29) is 18.4 Å². The van der Waals surface area contributed by atoms with Gasteiger partial charge in [0.15, 0.2) is 0 Å². The number of rotatable bonds is 7. The second-order valence-electron chi connectivity index (χ2n) is 5.07. The standard InChI is InChI=1S/C16H24N2O3/c1-12-6-7-15(10-13(12)2)18(14(3)19)11-16(20)17-8-5-9-21-4/h6-7,10H,5,8-9,11H2,1-4H3,(H,17,20). The third kappa shape index (κ3) is 5.55. The first-order chi connectivity index (χ1) is 9.95. The molecule has 1 N–H and O–H groups in total. The monoisotopic (exact) mass is 292 g/mol. The fourth-order valence-corrected chi connectivity index (χ4v) is 1.92. The summed E-state index contributed by atoms with van der Waals surface area (Å²) in [4.78, 5) is 25.2. The van der Waals surface area contributed by atoms with Gasteiger partial charge >= 0.3 is 0 Å². The number of ether oxygens (including phenoxy) is 1. The highest BCUT2D eigenvalue weighted by Gasteiger charge is 2.15. The van der Waals surface area contributed by atoms with E-state index in [1.807, 2.05) is 32.0 Å². The number of hydrogen-bond donors (Lipinski definition) is 1. The van der Waals surface area contributed by atoms with Crippen molar-refractivity contribution in [1.29, 1.82) is 0 Å². The molecule has 0 atom stereocenters. The predicted molar refractivity (Wildman–Crippen MR) is 83.4 cm³/mol. The van der Waals surface area contributed by atoms with Crippen LogP contribution in [-0.2, 0) is 14.3 Å². The van der Waals surface area contributed by atoms with E-state index in [4.69, 9.17) is 4.74 Å². The lowest BCUT2D eigenvalue weighted by Crippen LogP contribution is -2.40. The minimum absolute atomic E-state index is 0.0326. The van der Waals surface area contributed by atoms with Crippen molar-refractivity contribution in [1.82, 2.24) is 5.32 Å². The third-order valence-corrected chi connectivity index (χ3v) is 3.33. The number of aryl methyl sites for hydroxylation is 2. The molecule has 1 aromatic rings. The molecule has 0 aromatic heterocycles. The van der Waals surface area contributed by atoms with Crippen LogP contribution in [0.15, 0.2) is 18.2 Å². The van der Waals surface area contributed by atoms with Gasteiger partial charge in [0.05, 0.1) is 0 Å². The molecule has 1 rings (SSSR count). The van der Waals surface area contributed by atoms with Crippen LogP contribution < -0.4 is 10.2 Å². The van der Waals surface area contributed by atoms with Crippen molar-refractivity contribution in [2.45, 2.75) is 27.2 Å². The van der Waals surface area contributed by atoms with E-state index in [9.17, 15) is 9.59 Å². The molecule has 0 aliphatic heterocycles. The first-order valence-corrected chi connectivity index (χ1v) is 7.06. The summed E-state index contributed by atoms with van der Waals surface area (Å²) in [5.74, 6) is -0.315. The fraction of sp³-hybridized carbons (Fsp3) is 0.500. The van der Waals surface area contributed by atoms with Gasteiger partial charge in [0.25, 0.3) is 0 Å². The topological polar surface area (TPSA) is 58.6 Å². The third-order valence-electron chi connectivity index (χ3n) is 3.33. The molecule has 5 nitrogen and oxygen atoms in total. The van der Waals surface area contributed by atoms with Crippen molar-refractivity contribution in [2.24, 2.45) is 0 Å². The van der Waals surface area contributed by atoms with Gasteiger partial charge in [0.1, 0.15) is 6.54 Å². The maximum Gasteiger partial charge on any atom is 0.240 e. The first kappa shape index (κ1) is 17.2. The van der Waals surface area contributed by atoms with Crippen molar-refractivity contribution in [3.05, 3.63) is 29.3 Å². The van der Waals surface area contributed by atoms with Gasteiger partial charge < -0.3 is 15.0 Å². The van der Waals surface area contributed by atoms with Gasteiger partial charge in [-0.3, -0.25) is 9.59 Å². The Hall–Kier alpha value is -1.88. The Balaban J connectivity index is 2.67. The molecular weight excluding hydrogens is 268 g/mol. The lowest BCUT2D eigenvalue weighted by atomic mass is 10.1. The SMILES string of the molecule is COCCCNC(=O)CN(C(C)=O)c1ccc(C)c(C)c1. The van der Waals surface area contributed by atoms with Gasteiger partial charge in [-0.1, -0.05) is 6.07 Å². The molecule has 0 radical (unpaired) electrons.